The molecule has 0 spiro atoms. The maximum absolute atomic E-state index is 12.5. The van der Waals surface area contributed by atoms with E-state index in [9.17, 15) is 4.79 Å². The van der Waals surface area contributed by atoms with E-state index in [1.165, 1.54) is 19.3 Å². The van der Waals surface area contributed by atoms with E-state index in [-0.39, 0.29) is 5.91 Å². The zero-order valence-electron chi connectivity index (χ0n) is 12.8. The zero-order valence-corrected chi connectivity index (χ0v) is 12.8. The number of carbonyl (C=O) groups excluding carboxylic acids is 1. The molecule has 1 aromatic heterocycles. The van der Waals surface area contributed by atoms with Crippen molar-refractivity contribution >= 4 is 17.5 Å². The number of rotatable bonds is 3. The lowest BCUT2D eigenvalue weighted by Gasteiger charge is -2.26. The fourth-order valence-corrected chi connectivity index (χ4v) is 2.65. The largest absolute Gasteiger partial charge is 0.341 e. The smallest absolute Gasteiger partial charge is 0.261 e. The first kappa shape index (κ1) is 14.5. The first-order chi connectivity index (χ1) is 10.8. The van der Waals surface area contributed by atoms with Gasteiger partial charge in [0.25, 0.3) is 5.91 Å². The van der Waals surface area contributed by atoms with Crippen LogP contribution in [0.5, 0.6) is 0 Å². The highest BCUT2D eigenvalue weighted by Crippen LogP contribution is 2.17. The Hall–Kier alpha value is -2.43. The second kappa shape index (κ2) is 6.56. The number of hydrogen-bond donors (Lipinski definition) is 0. The lowest BCUT2D eigenvalue weighted by atomic mass is 10.1. The summed E-state index contributed by atoms with van der Waals surface area (Å²) in [7, 11) is 1.76. The molecule has 1 aliphatic heterocycles. The van der Waals surface area contributed by atoms with Crippen LogP contribution in [0, 0.1) is 0 Å². The van der Waals surface area contributed by atoms with Crippen molar-refractivity contribution in [2.24, 2.45) is 0 Å². The summed E-state index contributed by atoms with van der Waals surface area (Å²) in [5.41, 5.74) is 1.36. The average Bonchev–Trinajstić information content (AvgIpc) is 2.62. The minimum absolute atomic E-state index is 0.101. The van der Waals surface area contributed by atoms with Gasteiger partial charge in [-0.2, -0.15) is 0 Å². The molecule has 3 rings (SSSR count). The Morgan fingerprint density at radius 1 is 1.05 bits per heavy atom. The summed E-state index contributed by atoms with van der Waals surface area (Å²) in [4.78, 5) is 25.0. The Morgan fingerprint density at radius 2 is 1.68 bits per heavy atom. The molecule has 0 radical (unpaired) electrons. The van der Waals surface area contributed by atoms with Crippen molar-refractivity contribution in [2.75, 3.05) is 29.9 Å². The number of aromatic nitrogens is 2. The Bertz CT molecular complexity index is 621. The zero-order chi connectivity index (χ0) is 15.4. The van der Waals surface area contributed by atoms with Crippen LogP contribution in [0.2, 0.25) is 0 Å². The average molecular weight is 296 g/mol. The summed E-state index contributed by atoms with van der Waals surface area (Å²) in [6.45, 7) is 1.99. The summed E-state index contributed by atoms with van der Waals surface area (Å²) in [6, 6.07) is 9.56. The lowest BCUT2D eigenvalue weighted by Crippen LogP contribution is -2.31. The Morgan fingerprint density at radius 3 is 2.32 bits per heavy atom. The maximum atomic E-state index is 12.5. The number of benzene rings is 1. The van der Waals surface area contributed by atoms with Crippen molar-refractivity contribution in [3.63, 3.8) is 0 Å². The molecule has 5 nitrogen and oxygen atoms in total. The van der Waals surface area contributed by atoms with Crippen LogP contribution in [0.1, 0.15) is 29.6 Å². The molecule has 5 heteroatoms. The summed E-state index contributed by atoms with van der Waals surface area (Å²) < 4.78 is 0. The van der Waals surface area contributed by atoms with Gasteiger partial charge in [0, 0.05) is 38.2 Å². The van der Waals surface area contributed by atoms with Gasteiger partial charge in [-0.25, -0.2) is 9.97 Å². The van der Waals surface area contributed by atoms with Gasteiger partial charge in [0.2, 0.25) is 5.95 Å². The van der Waals surface area contributed by atoms with Crippen LogP contribution >= 0.6 is 0 Å². The maximum Gasteiger partial charge on any atom is 0.261 e. The highest BCUT2D eigenvalue weighted by molar-refractivity contribution is 6.05. The number of piperidine rings is 1. The second-order valence-electron chi connectivity index (χ2n) is 5.52. The first-order valence-corrected chi connectivity index (χ1v) is 7.66. The van der Waals surface area contributed by atoms with Crippen LogP contribution in [0.3, 0.4) is 0 Å². The van der Waals surface area contributed by atoms with E-state index in [2.05, 4.69) is 14.9 Å². The van der Waals surface area contributed by atoms with Gasteiger partial charge in [-0.15, -0.1) is 0 Å². The Kier molecular flexibility index (Phi) is 4.32. The standard InChI is InChI=1S/C17H20N4O/c1-20(15-8-4-2-5-9-15)16(22)14-12-18-17(19-13-14)21-10-6-3-7-11-21/h2,4-5,8-9,12-13H,3,6-7,10-11H2,1H3. The monoisotopic (exact) mass is 296 g/mol. The number of hydrogen-bond acceptors (Lipinski definition) is 4. The molecule has 0 unspecified atom stereocenters. The molecule has 1 saturated heterocycles. The molecule has 2 aromatic rings. The van der Waals surface area contributed by atoms with Crippen molar-refractivity contribution in [1.82, 2.24) is 9.97 Å². The van der Waals surface area contributed by atoms with Gasteiger partial charge in [0.05, 0.1) is 5.56 Å². The molecule has 0 bridgehead atoms. The van der Waals surface area contributed by atoms with Gasteiger partial charge in [0.1, 0.15) is 0 Å². The third kappa shape index (κ3) is 3.08. The second-order valence-corrected chi connectivity index (χ2v) is 5.52. The lowest BCUT2D eigenvalue weighted by molar-refractivity contribution is 0.0992. The van der Waals surface area contributed by atoms with E-state index in [0.717, 1.165) is 24.7 Å². The number of para-hydroxylation sites is 1. The number of anilines is 2. The fraction of sp³-hybridized carbons (Fsp3) is 0.353. The van der Waals surface area contributed by atoms with Gasteiger partial charge in [0.15, 0.2) is 0 Å². The van der Waals surface area contributed by atoms with Gasteiger partial charge >= 0.3 is 0 Å². The predicted molar refractivity (Wildman–Crippen MR) is 87.3 cm³/mol. The fourth-order valence-electron chi connectivity index (χ4n) is 2.65. The van der Waals surface area contributed by atoms with Crippen LogP contribution in [-0.2, 0) is 0 Å². The third-order valence-electron chi connectivity index (χ3n) is 3.97. The number of carbonyl (C=O) groups is 1. The third-order valence-corrected chi connectivity index (χ3v) is 3.97. The van der Waals surface area contributed by atoms with E-state index in [0.29, 0.717) is 5.56 Å². The summed E-state index contributed by atoms with van der Waals surface area (Å²) in [5.74, 6) is 0.620. The minimum atomic E-state index is -0.101. The van der Waals surface area contributed by atoms with E-state index >= 15 is 0 Å². The van der Waals surface area contributed by atoms with Gasteiger partial charge < -0.3 is 9.80 Å². The van der Waals surface area contributed by atoms with Crippen LogP contribution in [0.25, 0.3) is 0 Å². The van der Waals surface area contributed by atoms with Crippen LogP contribution in [-0.4, -0.2) is 36.0 Å². The molecular weight excluding hydrogens is 276 g/mol. The van der Waals surface area contributed by atoms with Crippen molar-refractivity contribution in [2.45, 2.75) is 19.3 Å². The van der Waals surface area contributed by atoms with Crippen molar-refractivity contribution in [3.8, 4) is 0 Å². The molecule has 0 aliphatic carbocycles. The molecule has 1 amide bonds. The van der Waals surface area contributed by atoms with E-state index in [4.69, 9.17) is 0 Å². The highest BCUT2D eigenvalue weighted by atomic mass is 16.2. The molecule has 1 aromatic carbocycles. The van der Waals surface area contributed by atoms with E-state index in [1.54, 1.807) is 24.3 Å². The Labute approximate surface area is 130 Å². The Balaban J connectivity index is 1.73. The normalized spacial score (nSPS) is 14.7. The van der Waals surface area contributed by atoms with Crippen molar-refractivity contribution in [1.29, 1.82) is 0 Å². The summed E-state index contributed by atoms with van der Waals surface area (Å²) in [5, 5.41) is 0. The summed E-state index contributed by atoms with van der Waals surface area (Å²) in [6.07, 6.45) is 6.88. The summed E-state index contributed by atoms with van der Waals surface area (Å²) >= 11 is 0. The predicted octanol–water partition coefficient (Wildman–Crippen LogP) is 2.74. The number of amides is 1. The van der Waals surface area contributed by atoms with Gasteiger partial charge in [-0.05, 0) is 31.4 Å². The molecule has 114 valence electrons. The molecule has 0 atom stereocenters. The van der Waals surface area contributed by atoms with Crippen LogP contribution < -0.4 is 9.80 Å². The van der Waals surface area contributed by atoms with Crippen molar-refractivity contribution in [3.05, 3.63) is 48.3 Å². The SMILES string of the molecule is CN(C(=O)c1cnc(N2CCCCC2)nc1)c1ccccc1. The molecule has 0 N–H and O–H groups in total. The first-order valence-electron chi connectivity index (χ1n) is 7.66. The highest BCUT2D eigenvalue weighted by Gasteiger charge is 2.17. The molecular formula is C17H20N4O. The van der Waals surface area contributed by atoms with E-state index < -0.39 is 0 Å². The van der Waals surface area contributed by atoms with E-state index in [1.807, 2.05) is 30.3 Å². The molecule has 1 fully saturated rings. The molecule has 0 saturated carbocycles. The topological polar surface area (TPSA) is 49.3 Å². The van der Waals surface area contributed by atoms with Gasteiger partial charge in [-0.1, -0.05) is 18.2 Å². The number of nitrogens with zero attached hydrogens (tertiary/aromatic N) is 4. The van der Waals surface area contributed by atoms with Gasteiger partial charge in [-0.3, -0.25) is 4.79 Å². The minimum Gasteiger partial charge on any atom is -0.341 e. The van der Waals surface area contributed by atoms with Crippen LogP contribution in [0.15, 0.2) is 42.7 Å². The molecule has 22 heavy (non-hydrogen) atoms. The van der Waals surface area contributed by atoms with Crippen LogP contribution in [0.4, 0.5) is 11.6 Å². The molecule has 2 heterocycles. The van der Waals surface area contributed by atoms with Crippen molar-refractivity contribution < 1.29 is 4.79 Å². The molecule has 1 aliphatic rings. The quantitative estimate of drug-likeness (QED) is 0.874.